The Kier molecular flexibility index (Phi) is 6.28. The van der Waals surface area contributed by atoms with Gasteiger partial charge in [-0.1, -0.05) is 6.92 Å². The van der Waals surface area contributed by atoms with Crippen molar-refractivity contribution in [3.05, 3.63) is 30.0 Å². The zero-order valence-corrected chi connectivity index (χ0v) is 18.0. The van der Waals surface area contributed by atoms with Crippen molar-refractivity contribution in [1.29, 1.82) is 5.26 Å². The van der Waals surface area contributed by atoms with E-state index >= 15 is 0 Å². The SMILES string of the molecule is CC1CCN(c2nc(N3CCN(C)CC3)ccc2NC(=O)Oc2ccc(C#N)o2)CC1. The number of hydrogen-bond acceptors (Lipinski definition) is 8. The fourth-order valence-electron chi connectivity index (χ4n) is 3.87. The van der Waals surface area contributed by atoms with Gasteiger partial charge < -0.3 is 23.9 Å². The van der Waals surface area contributed by atoms with Crippen LogP contribution in [0.2, 0.25) is 0 Å². The Balaban J connectivity index is 1.53. The van der Waals surface area contributed by atoms with Crippen molar-refractivity contribution in [2.75, 3.05) is 61.4 Å². The molecule has 0 radical (unpaired) electrons. The van der Waals surface area contributed by atoms with Crippen molar-refractivity contribution in [2.24, 2.45) is 5.92 Å². The molecule has 2 aliphatic heterocycles. The minimum absolute atomic E-state index is 0.0237. The summed E-state index contributed by atoms with van der Waals surface area (Å²) in [7, 11) is 2.13. The molecule has 0 unspecified atom stereocenters. The third-order valence-electron chi connectivity index (χ3n) is 5.89. The minimum atomic E-state index is -0.681. The van der Waals surface area contributed by atoms with Gasteiger partial charge in [0.1, 0.15) is 11.9 Å². The summed E-state index contributed by atoms with van der Waals surface area (Å²) in [6.45, 7) is 7.90. The normalized spacial score (nSPS) is 18.0. The average Bonchev–Trinajstić information content (AvgIpc) is 3.23. The lowest BCUT2D eigenvalue weighted by molar-refractivity contribution is 0.202. The number of piperazine rings is 1. The van der Waals surface area contributed by atoms with Crippen LogP contribution in [0.25, 0.3) is 0 Å². The molecule has 0 spiro atoms. The highest BCUT2D eigenvalue weighted by molar-refractivity contribution is 5.90. The summed E-state index contributed by atoms with van der Waals surface area (Å²) in [5.74, 6) is 2.43. The quantitative estimate of drug-likeness (QED) is 0.799. The van der Waals surface area contributed by atoms with Crippen molar-refractivity contribution in [1.82, 2.24) is 9.88 Å². The Morgan fingerprint density at radius 3 is 2.55 bits per heavy atom. The van der Waals surface area contributed by atoms with Crippen molar-refractivity contribution in [3.8, 4) is 12.0 Å². The molecule has 2 saturated heterocycles. The first kappa shape index (κ1) is 21.0. The zero-order valence-electron chi connectivity index (χ0n) is 18.0. The van der Waals surface area contributed by atoms with Crippen molar-refractivity contribution in [2.45, 2.75) is 19.8 Å². The molecule has 1 N–H and O–H groups in total. The summed E-state index contributed by atoms with van der Waals surface area (Å²) < 4.78 is 10.3. The lowest BCUT2D eigenvalue weighted by Crippen LogP contribution is -2.45. The van der Waals surface area contributed by atoms with Gasteiger partial charge in [0.25, 0.3) is 5.95 Å². The van der Waals surface area contributed by atoms with Gasteiger partial charge in [0.2, 0.25) is 5.76 Å². The smallest absolute Gasteiger partial charge is 0.414 e. The average molecular weight is 425 g/mol. The monoisotopic (exact) mass is 424 g/mol. The standard InChI is InChI=1S/C22H28N6O3/c1-16-7-9-28(10-8-16)21-18(24-22(29)31-20-6-3-17(15-23)30-20)4-5-19(25-21)27-13-11-26(2)12-14-27/h3-6,16H,7-14H2,1-2H3,(H,24,29). The fraction of sp³-hybridized carbons (Fsp3) is 0.500. The van der Waals surface area contributed by atoms with E-state index < -0.39 is 6.09 Å². The largest absolute Gasteiger partial charge is 0.419 e. The number of ether oxygens (including phenoxy) is 1. The first-order valence-electron chi connectivity index (χ1n) is 10.7. The number of hydrogen-bond donors (Lipinski definition) is 1. The summed E-state index contributed by atoms with van der Waals surface area (Å²) in [6, 6.07) is 8.59. The van der Waals surface area contributed by atoms with E-state index in [0.717, 1.165) is 63.7 Å². The van der Waals surface area contributed by atoms with E-state index in [1.54, 1.807) is 0 Å². The van der Waals surface area contributed by atoms with Crippen LogP contribution in [-0.4, -0.2) is 62.3 Å². The Hall–Kier alpha value is -3.25. The summed E-state index contributed by atoms with van der Waals surface area (Å²) in [5, 5.41) is 11.6. The molecular formula is C22H28N6O3. The molecule has 0 atom stereocenters. The molecule has 2 fully saturated rings. The highest BCUT2D eigenvalue weighted by Gasteiger charge is 2.23. The number of carbonyl (C=O) groups is 1. The molecule has 4 heterocycles. The van der Waals surface area contributed by atoms with Crippen molar-refractivity contribution < 1.29 is 13.9 Å². The number of rotatable bonds is 4. The van der Waals surface area contributed by atoms with E-state index in [9.17, 15) is 4.79 Å². The van der Waals surface area contributed by atoms with Gasteiger partial charge in [0.05, 0.1) is 5.69 Å². The van der Waals surface area contributed by atoms with E-state index in [1.165, 1.54) is 12.1 Å². The number of pyridine rings is 1. The number of nitrogens with one attached hydrogen (secondary N) is 1. The Morgan fingerprint density at radius 1 is 1.13 bits per heavy atom. The molecule has 2 aromatic rings. The van der Waals surface area contributed by atoms with Gasteiger partial charge in [-0.2, -0.15) is 5.26 Å². The molecule has 2 aliphatic rings. The van der Waals surface area contributed by atoms with Crippen LogP contribution in [0, 0.1) is 17.2 Å². The van der Waals surface area contributed by atoms with Gasteiger partial charge in [-0.15, -0.1) is 0 Å². The van der Waals surface area contributed by atoms with Crippen LogP contribution < -0.4 is 19.9 Å². The topological polar surface area (TPSA) is 97.9 Å². The summed E-state index contributed by atoms with van der Waals surface area (Å²) in [5.41, 5.74) is 0.601. The van der Waals surface area contributed by atoms with Gasteiger partial charge in [-0.25, -0.2) is 9.78 Å². The van der Waals surface area contributed by atoms with Crippen LogP contribution in [0.3, 0.4) is 0 Å². The van der Waals surface area contributed by atoms with E-state index in [0.29, 0.717) is 11.6 Å². The molecule has 31 heavy (non-hydrogen) atoms. The first-order chi connectivity index (χ1) is 15.0. The Bertz CT molecular complexity index is 952. The van der Waals surface area contributed by atoms with Gasteiger partial charge in [-0.3, -0.25) is 5.32 Å². The van der Waals surface area contributed by atoms with Crippen LogP contribution in [0.1, 0.15) is 25.5 Å². The fourth-order valence-corrected chi connectivity index (χ4v) is 3.87. The summed E-state index contributed by atoms with van der Waals surface area (Å²) in [4.78, 5) is 24.2. The number of anilines is 3. The Labute approximate surface area is 182 Å². The molecule has 0 aliphatic carbocycles. The van der Waals surface area contributed by atoms with E-state index in [1.807, 2.05) is 18.2 Å². The molecular weight excluding hydrogens is 396 g/mol. The second kappa shape index (κ2) is 9.27. The number of piperidine rings is 1. The van der Waals surface area contributed by atoms with Crippen molar-refractivity contribution >= 4 is 23.4 Å². The number of amides is 1. The van der Waals surface area contributed by atoms with Gasteiger partial charge >= 0.3 is 6.09 Å². The molecule has 9 nitrogen and oxygen atoms in total. The van der Waals surface area contributed by atoms with Crippen molar-refractivity contribution in [3.63, 3.8) is 0 Å². The van der Waals surface area contributed by atoms with Gasteiger partial charge in [0.15, 0.2) is 5.82 Å². The lowest BCUT2D eigenvalue weighted by atomic mass is 9.99. The van der Waals surface area contributed by atoms with Crippen LogP contribution in [0.5, 0.6) is 5.95 Å². The van der Waals surface area contributed by atoms with Gasteiger partial charge in [-0.05, 0) is 44.0 Å². The number of nitriles is 1. The van der Waals surface area contributed by atoms with E-state index in [-0.39, 0.29) is 11.7 Å². The second-order valence-electron chi connectivity index (χ2n) is 8.25. The molecule has 0 saturated carbocycles. The molecule has 2 aromatic heterocycles. The number of likely N-dealkylation sites (N-methyl/N-ethyl adjacent to an activating group) is 1. The van der Waals surface area contributed by atoms with Crippen LogP contribution in [-0.2, 0) is 0 Å². The molecule has 0 aromatic carbocycles. The minimum Gasteiger partial charge on any atom is -0.414 e. The number of aromatic nitrogens is 1. The first-order valence-corrected chi connectivity index (χ1v) is 10.7. The highest BCUT2D eigenvalue weighted by atomic mass is 16.6. The van der Waals surface area contributed by atoms with E-state index in [2.05, 4.69) is 34.0 Å². The Morgan fingerprint density at radius 2 is 1.87 bits per heavy atom. The molecule has 0 bridgehead atoms. The van der Waals surface area contributed by atoms with E-state index in [4.69, 9.17) is 19.4 Å². The summed E-state index contributed by atoms with van der Waals surface area (Å²) in [6.07, 6.45) is 1.50. The predicted molar refractivity (Wildman–Crippen MR) is 118 cm³/mol. The second-order valence-corrected chi connectivity index (χ2v) is 8.25. The highest BCUT2D eigenvalue weighted by Crippen LogP contribution is 2.31. The molecule has 9 heteroatoms. The zero-order chi connectivity index (χ0) is 21.8. The molecule has 164 valence electrons. The molecule has 1 amide bonds. The van der Waals surface area contributed by atoms with Gasteiger partial charge in [0, 0.05) is 45.3 Å². The predicted octanol–water partition coefficient (Wildman–Crippen LogP) is 3.15. The summed E-state index contributed by atoms with van der Waals surface area (Å²) >= 11 is 0. The maximum atomic E-state index is 12.5. The maximum Gasteiger partial charge on any atom is 0.419 e. The lowest BCUT2D eigenvalue weighted by Gasteiger charge is -2.35. The number of furan rings is 1. The maximum absolute atomic E-state index is 12.5. The number of carbonyl (C=O) groups excluding carboxylic acids is 1. The van der Waals surface area contributed by atoms with Crippen LogP contribution in [0.4, 0.5) is 22.1 Å². The van der Waals surface area contributed by atoms with Crippen LogP contribution >= 0.6 is 0 Å². The third kappa shape index (κ3) is 5.09. The number of nitrogens with zero attached hydrogens (tertiary/aromatic N) is 5. The molecule has 4 rings (SSSR count). The third-order valence-corrected chi connectivity index (χ3v) is 5.89. The van der Waals surface area contributed by atoms with Crippen LogP contribution in [0.15, 0.2) is 28.7 Å².